The Bertz CT molecular complexity index is 1840. The van der Waals surface area contributed by atoms with Crippen LogP contribution in [0.1, 0.15) is 25.0 Å². The van der Waals surface area contributed by atoms with E-state index in [4.69, 9.17) is 0 Å². The molecular weight excluding hydrogens is 633 g/mol. The zero-order valence-electron chi connectivity index (χ0n) is 23.8. The molecule has 236 valence electrons. The minimum atomic E-state index is -4.42. The Kier molecular flexibility index (Phi) is 9.68. The lowest BCUT2D eigenvalue weighted by Gasteiger charge is -2.31. The van der Waals surface area contributed by atoms with Gasteiger partial charge in [0.15, 0.2) is 9.84 Å². The van der Waals surface area contributed by atoms with Gasteiger partial charge in [-0.05, 0) is 59.7 Å². The Hall–Kier alpha value is -3.99. The van der Waals surface area contributed by atoms with Gasteiger partial charge < -0.3 is 15.7 Å². The van der Waals surface area contributed by atoms with Crippen molar-refractivity contribution in [1.29, 1.82) is 0 Å². The van der Waals surface area contributed by atoms with Gasteiger partial charge in [-0.3, -0.25) is 18.6 Å². The van der Waals surface area contributed by atoms with Crippen LogP contribution in [0.5, 0.6) is 0 Å². The molecule has 44 heavy (non-hydrogen) atoms. The molecule has 1 saturated heterocycles. The van der Waals surface area contributed by atoms with Gasteiger partial charge in [0.2, 0.25) is 11.8 Å². The number of benzene rings is 3. The lowest BCUT2D eigenvalue weighted by Crippen LogP contribution is -2.47. The average molecular weight is 665 g/mol. The van der Waals surface area contributed by atoms with E-state index in [1.54, 1.807) is 12.1 Å². The number of aliphatic hydroxyl groups excluding tert-OH is 1. The monoisotopic (exact) mass is 664 g/mol. The normalized spacial score (nSPS) is 17.9. The van der Waals surface area contributed by atoms with Crippen molar-refractivity contribution in [1.82, 2.24) is 10.6 Å². The maximum atomic E-state index is 13.9. The van der Waals surface area contributed by atoms with Crippen molar-refractivity contribution < 1.29 is 39.9 Å². The Morgan fingerprint density at radius 1 is 0.773 bits per heavy atom. The lowest BCUT2D eigenvalue weighted by atomic mass is 10.2. The van der Waals surface area contributed by atoms with Crippen LogP contribution in [0.25, 0.3) is 0 Å². The summed E-state index contributed by atoms with van der Waals surface area (Å²) in [5, 5.41) is 15.8. The van der Waals surface area contributed by atoms with Gasteiger partial charge in [0, 0.05) is 32.6 Å². The minimum absolute atomic E-state index is 0.0127. The van der Waals surface area contributed by atoms with Crippen LogP contribution >= 0.6 is 0 Å². The maximum absolute atomic E-state index is 13.9. The fraction of sp³-hybridized carbons (Fsp3) is 0.286. The Morgan fingerprint density at radius 3 is 1.68 bits per heavy atom. The number of hydrogen-bond donors (Lipinski definition) is 4. The number of amides is 2. The molecule has 2 amide bonds. The molecule has 1 fully saturated rings. The van der Waals surface area contributed by atoms with Crippen LogP contribution in [0.15, 0.2) is 82.6 Å². The fourth-order valence-corrected chi connectivity index (χ4v) is 9.17. The van der Waals surface area contributed by atoms with Gasteiger partial charge in [0.1, 0.15) is 0 Å². The van der Waals surface area contributed by atoms with Crippen molar-refractivity contribution in [2.24, 2.45) is 0 Å². The van der Waals surface area contributed by atoms with Crippen molar-refractivity contribution in [2.45, 2.75) is 48.9 Å². The third-order valence-corrected chi connectivity index (χ3v) is 11.7. The fourth-order valence-electron chi connectivity index (χ4n) is 4.57. The van der Waals surface area contributed by atoms with Crippen LogP contribution in [-0.2, 0) is 52.6 Å². The number of sulfone groups is 1. The SMILES string of the molecule is CC(=O)NCc1ccc(S(=O)(=O)Nc2ccc(N([C@H]3CS(=O)(=O)C[C@@H]3O)S(=O)(=O)c3ccc(CNC(C)=O)cc3)cc2)cc1. The summed E-state index contributed by atoms with van der Waals surface area (Å²) in [6.07, 6.45) is -1.50. The summed E-state index contributed by atoms with van der Waals surface area (Å²) in [6.45, 7) is 3.14. The van der Waals surface area contributed by atoms with Crippen molar-refractivity contribution in [3.63, 3.8) is 0 Å². The minimum Gasteiger partial charge on any atom is -0.390 e. The second-order valence-electron chi connectivity index (χ2n) is 10.3. The highest BCUT2D eigenvalue weighted by atomic mass is 32.2. The van der Waals surface area contributed by atoms with Crippen molar-refractivity contribution in [3.05, 3.63) is 83.9 Å². The molecule has 1 aliphatic rings. The second kappa shape index (κ2) is 12.9. The summed E-state index contributed by atoms with van der Waals surface area (Å²) >= 11 is 0. The summed E-state index contributed by atoms with van der Waals surface area (Å²) in [5.41, 5.74) is 1.45. The molecule has 3 aromatic rings. The Labute approximate surface area is 256 Å². The average Bonchev–Trinajstić information content (AvgIpc) is 3.23. The molecular formula is C28H32N4O9S3. The molecule has 4 N–H and O–H groups in total. The molecule has 0 bridgehead atoms. The molecule has 2 atom stereocenters. The number of anilines is 2. The van der Waals surface area contributed by atoms with E-state index in [-0.39, 0.29) is 46.1 Å². The van der Waals surface area contributed by atoms with E-state index in [0.29, 0.717) is 11.1 Å². The highest BCUT2D eigenvalue weighted by molar-refractivity contribution is 7.93. The summed E-state index contributed by atoms with van der Waals surface area (Å²) < 4.78 is 81.6. The first-order chi connectivity index (χ1) is 20.6. The van der Waals surface area contributed by atoms with Crippen LogP contribution in [-0.4, -0.2) is 65.8 Å². The van der Waals surface area contributed by atoms with Crippen LogP contribution < -0.4 is 19.7 Å². The second-order valence-corrected chi connectivity index (χ2v) is 15.9. The van der Waals surface area contributed by atoms with E-state index in [9.17, 15) is 39.9 Å². The van der Waals surface area contributed by atoms with Gasteiger partial charge in [-0.2, -0.15) is 0 Å². The lowest BCUT2D eigenvalue weighted by molar-refractivity contribution is -0.120. The molecule has 3 aromatic carbocycles. The topological polar surface area (TPSA) is 196 Å². The van der Waals surface area contributed by atoms with Gasteiger partial charge in [0.05, 0.1) is 39.1 Å². The quantitative estimate of drug-likeness (QED) is 0.232. The van der Waals surface area contributed by atoms with Gasteiger partial charge in [-0.1, -0.05) is 24.3 Å². The summed E-state index contributed by atoms with van der Waals surface area (Å²) in [7, 11) is -12.2. The van der Waals surface area contributed by atoms with Crippen molar-refractivity contribution >= 4 is 53.1 Å². The number of nitrogens with zero attached hydrogens (tertiary/aromatic N) is 1. The van der Waals surface area contributed by atoms with Crippen LogP contribution in [0.3, 0.4) is 0 Å². The summed E-state index contributed by atoms with van der Waals surface area (Å²) in [6, 6.07) is 15.5. The highest BCUT2D eigenvalue weighted by Crippen LogP contribution is 2.32. The molecule has 0 aliphatic carbocycles. The largest absolute Gasteiger partial charge is 0.390 e. The van der Waals surface area contributed by atoms with E-state index in [1.165, 1.54) is 74.5 Å². The number of aliphatic hydroxyl groups is 1. The molecule has 0 unspecified atom stereocenters. The van der Waals surface area contributed by atoms with Gasteiger partial charge >= 0.3 is 0 Å². The number of nitrogens with one attached hydrogen (secondary N) is 3. The zero-order valence-corrected chi connectivity index (χ0v) is 26.2. The highest BCUT2D eigenvalue weighted by Gasteiger charge is 2.45. The molecule has 4 rings (SSSR count). The maximum Gasteiger partial charge on any atom is 0.264 e. The van der Waals surface area contributed by atoms with Crippen LogP contribution in [0.2, 0.25) is 0 Å². The predicted octanol–water partition coefficient (Wildman–Crippen LogP) is 1.11. The molecule has 13 nitrogen and oxygen atoms in total. The number of carbonyl (C=O) groups excluding carboxylic acids is 2. The Balaban J connectivity index is 1.61. The van der Waals surface area contributed by atoms with E-state index in [2.05, 4.69) is 15.4 Å². The molecule has 16 heteroatoms. The molecule has 0 saturated carbocycles. The molecule has 0 radical (unpaired) electrons. The van der Waals surface area contributed by atoms with Crippen molar-refractivity contribution in [3.8, 4) is 0 Å². The number of carbonyl (C=O) groups is 2. The van der Waals surface area contributed by atoms with Gasteiger partial charge in [-0.25, -0.2) is 25.3 Å². The summed E-state index contributed by atoms with van der Waals surface area (Å²) in [4.78, 5) is 22.1. The number of hydrogen-bond acceptors (Lipinski definition) is 9. The first-order valence-electron chi connectivity index (χ1n) is 13.3. The molecule has 0 aromatic heterocycles. The molecule has 0 spiro atoms. The van der Waals surface area contributed by atoms with Crippen LogP contribution in [0.4, 0.5) is 11.4 Å². The smallest absolute Gasteiger partial charge is 0.264 e. The van der Waals surface area contributed by atoms with E-state index < -0.39 is 53.5 Å². The third-order valence-electron chi connectivity index (χ3n) is 6.77. The standard InChI is InChI=1S/C28H32N4O9S3/c1-19(33)29-15-21-3-11-25(12-4-21)43(38,39)31-23-7-9-24(10-8-23)32(27-17-42(36,37)18-28(27)35)44(40,41)26-13-5-22(6-14-26)16-30-20(2)34/h3-14,27-28,31,35H,15-18H2,1-2H3,(H,29,33)(H,30,34)/t27-,28-/m0/s1. The number of sulfonamides is 2. The van der Waals surface area contributed by atoms with Crippen LogP contribution in [0, 0.1) is 0 Å². The first kappa shape index (κ1) is 32.9. The first-order valence-corrected chi connectivity index (χ1v) is 18.0. The van der Waals surface area contributed by atoms with E-state index in [0.717, 1.165) is 4.31 Å². The zero-order chi connectivity index (χ0) is 32.3. The number of rotatable bonds is 11. The van der Waals surface area contributed by atoms with Crippen molar-refractivity contribution in [2.75, 3.05) is 20.5 Å². The van der Waals surface area contributed by atoms with E-state index >= 15 is 0 Å². The predicted molar refractivity (Wildman–Crippen MR) is 163 cm³/mol. The third kappa shape index (κ3) is 7.93. The molecule has 1 aliphatic heterocycles. The van der Waals surface area contributed by atoms with Gasteiger partial charge in [0.25, 0.3) is 20.0 Å². The van der Waals surface area contributed by atoms with Gasteiger partial charge in [-0.15, -0.1) is 0 Å². The summed E-state index contributed by atoms with van der Waals surface area (Å²) in [5.74, 6) is -1.70. The molecule has 1 heterocycles. The Morgan fingerprint density at radius 2 is 1.25 bits per heavy atom. The van der Waals surface area contributed by atoms with E-state index in [1.807, 2.05) is 0 Å².